The lowest BCUT2D eigenvalue weighted by Crippen LogP contribution is -2.41. The van der Waals surface area contributed by atoms with E-state index in [4.69, 9.17) is 20.7 Å². The summed E-state index contributed by atoms with van der Waals surface area (Å²) in [7, 11) is 0. The van der Waals surface area contributed by atoms with Gasteiger partial charge >= 0.3 is 5.97 Å². The van der Waals surface area contributed by atoms with Crippen LogP contribution in [-0.2, 0) is 9.59 Å². The summed E-state index contributed by atoms with van der Waals surface area (Å²) in [4.78, 5) is 18.9. The van der Waals surface area contributed by atoms with Crippen LogP contribution in [0, 0.1) is 0 Å². The van der Waals surface area contributed by atoms with Crippen molar-refractivity contribution in [1.82, 2.24) is 0 Å². The van der Waals surface area contributed by atoms with Gasteiger partial charge in [-0.3, -0.25) is 9.59 Å². The molecule has 4 N–H and O–H groups in total. The zero-order chi connectivity index (χ0) is 9.65. The average Bonchev–Trinajstić information content (AvgIpc) is 1.59. The van der Waals surface area contributed by atoms with Crippen LogP contribution in [0.3, 0.4) is 0 Å². The van der Waals surface area contributed by atoms with Crippen molar-refractivity contribution in [3.63, 3.8) is 0 Å². The van der Waals surface area contributed by atoms with Gasteiger partial charge in [0.05, 0.1) is 0 Å². The van der Waals surface area contributed by atoms with Gasteiger partial charge in [0, 0.05) is 6.92 Å². The van der Waals surface area contributed by atoms with Crippen LogP contribution in [0.25, 0.3) is 0 Å². The van der Waals surface area contributed by atoms with Crippen molar-refractivity contribution in [3.8, 4) is 0 Å². The maximum Gasteiger partial charge on any atom is 0.323 e. The number of carbonyl (C=O) groups is 2. The maximum atomic E-state index is 9.90. The Balaban J connectivity index is 0. The number of hydrogen-bond donors (Lipinski definition) is 3. The number of carboxylic acid groups (broad SMARTS) is 2. The van der Waals surface area contributed by atoms with E-state index in [0.29, 0.717) is 0 Å². The lowest BCUT2D eigenvalue weighted by atomic mass is 10.1. The van der Waals surface area contributed by atoms with Crippen molar-refractivity contribution in [3.05, 3.63) is 0 Å². The monoisotopic (exact) mass is 163 g/mol. The van der Waals surface area contributed by atoms with Crippen LogP contribution in [-0.4, -0.2) is 27.7 Å². The Hall–Kier alpha value is -1.10. The van der Waals surface area contributed by atoms with Gasteiger partial charge in [0.2, 0.25) is 0 Å². The van der Waals surface area contributed by atoms with Crippen LogP contribution in [0.4, 0.5) is 0 Å². The van der Waals surface area contributed by atoms with E-state index < -0.39 is 17.5 Å². The zero-order valence-electron chi connectivity index (χ0n) is 6.79. The van der Waals surface area contributed by atoms with Crippen molar-refractivity contribution in [2.24, 2.45) is 5.73 Å². The topological polar surface area (TPSA) is 101 Å². The van der Waals surface area contributed by atoms with Gasteiger partial charge in [0.15, 0.2) is 0 Å². The minimum atomic E-state index is -1.08. The van der Waals surface area contributed by atoms with Crippen molar-refractivity contribution >= 4 is 11.9 Å². The predicted octanol–water partition coefficient (Wildman–Crippen LogP) is -0.101. The third-order valence-corrected chi connectivity index (χ3v) is 0.551. The molecular formula is C6H13NO4. The molecule has 0 unspecified atom stereocenters. The molecule has 0 aromatic rings. The van der Waals surface area contributed by atoms with Crippen LogP contribution < -0.4 is 5.73 Å². The number of rotatable bonds is 1. The summed E-state index contributed by atoms with van der Waals surface area (Å²) >= 11 is 0. The van der Waals surface area contributed by atoms with E-state index in [1.54, 1.807) is 0 Å². The summed E-state index contributed by atoms with van der Waals surface area (Å²) in [5.74, 6) is -1.81. The van der Waals surface area contributed by atoms with Crippen LogP contribution in [0.5, 0.6) is 0 Å². The zero-order valence-corrected chi connectivity index (χ0v) is 6.79. The van der Waals surface area contributed by atoms with E-state index in [2.05, 4.69) is 0 Å². The molecule has 0 saturated carbocycles. The van der Waals surface area contributed by atoms with Gasteiger partial charge in [-0.1, -0.05) is 0 Å². The summed E-state index contributed by atoms with van der Waals surface area (Å²) in [6.07, 6.45) is 0. The summed E-state index contributed by atoms with van der Waals surface area (Å²) in [5, 5.41) is 15.5. The summed E-state index contributed by atoms with van der Waals surface area (Å²) in [5.41, 5.74) is 4.00. The van der Waals surface area contributed by atoms with E-state index in [9.17, 15) is 4.79 Å². The first-order chi connectivity index (χ1) is 4.68. The second kappa shape index (κ2) is 4.68. The lowest BCUT2D eigenvalue weighted by molar-refractivity contribution is -0.142. The highest BCUT2D eigenvalue weighted by atomic mass is 16.4. The SMILES string of the molecule is CC(=O)O.CC(C)(N)C(=O)O. The second-order valence-corrected chi connectivity index (χ2v) is 2.55. The fourth-order valence-corrected chi connectivity index (χ4v) is 0. The first-order valence-corrected chi connectivity index (χ1v) is 2.89. The number of hydrogen-bond acceptors (Lipinski definition) is 3. The van der Waals surface area contributed by atoms with Crippen molar-refractivity contribution < 1.29 is 19.8 Å². The fraction of sp³-hybridized carbons (Fsp3) is 0.667. The van der Waals surface area contributed by atoms with Gasteiger partial charge in [0.25, 0.3) is 5.97 Å². The molecule has 11 heavy (non-hydrogen) atoms. The Morgan fingerprint density at radius 3 is 1.36 bits per heavy atom. The van der Waals surface area contributed by atoms with Crippen LogP contribution in [0.1, 0.15) is 20.8 Å². The minimum absolute atomic E-state index is 0.833. The first-order valence-electron chi connectivity index (χ1n) is 2.89. The molecule has 0 atom stereocenters. The standard InChI is InChI=1S/C4H9NO2.C2H4O2/c1-4(2,5)3(6)7;1-2(3)4/h5H2,1-2H3,(H,6,7);1H3,(H,3,4). The fourth-order valence-electron chi connectivity index (χ4n) is 0. The Bertz CT molecular complexity index is 143. The molecule has 0 bridgehead atoms. The van der Waals surface area contributed by atoms with Crippen molar-refractivity contribution in [1.29, 1.82) is 0 Å². The van der Waals surface area contributed by atoms with E-state index in [1.165, 1.54) is 13.8 Å². The second-order valence-electron chi connectivity index (χ2n) is 2.55. The molecule has 0 aromatic carbocycles. The molecule has 66 valence electrons. The molecule has 0 spiro atoms. The number of carboxylic acids is 2. The first kappa shape index (κ1) is 12.6. The smallest absolute Gasteiger partial charge is 0.323 e. The van der Waals surface area contributed by atoms with Gasteiger partial charge in [-0.05, 0) is 13.8 Å². The van der Waals surface area contributed by atoms with Crippen molar-refractivity contribution in [2.75, 3.05) is 0 Å². The Kier molecular flexibility index (Phi) is 5.34. The Morgan fingerprint density at radius 1 is 1.27 bits per heavy atom. The van der Waals surface area contributed by atoms with E-state index in [1.807, 2.05) is 0 Å². The average molecular weight is 163 g/mol. The molecule has 0 aliphatic carbocycles. The Labute approximate surface area is 64.8 Å². The van der Waals surface area contributed by atoms with Crippen LogP contribution >= 0.6 is 0 Å². The van der Waals surface area contributed by atoms with Gasteiger partial charge in [0.1, 0.15) is 5.54 Å². The molecule has 0 aromatic heterocycles. The van der Waals surface area contributed by atoms with Gasteiger partial charge < -0.3 is 15.9 Å². The molecular weight excluding hydrogens is 150 g/mol. The Morgan fingerprint density at radius 2 is 1.36 bits per heavy atom. The van der Waals surface area contributed by atoms with Crippen molar-refractivity contribution in [2.45, 2.75) is 26.3 Å². The quantitative estimate of drug-likeness (QED) is 0.501. The molecule has 5 nitrogen and oxygen atoms in total. The normalized spacial score (nSPS) is 9.45. The van der Waals surface area contributed by atoms with Crippen LogP contribution in [0.15, 0.2) is 0 Å². The molecule has 0 amide bonds. The molecule has 5 heteroatoms. The molecule has 0 heterocycles. The largest absolute Gasteiger partial charge is 0.481 e. The molecule has 0 rings (SSSR count). The molecule has 0 saturated heterocycles. The minimum Gasteiger partial charge on any atom is -0.481 e. The van der Waals surface area contributed by atoms with Gasteiger partial charge in [-0.2, -0.15) is 0 Å². The van der Waals surface area contributed by atoms with Gasteiger partial charge in [-0.15, -0.1) is 0 Å². The highest BCUT2D eigenvalue weighted by molar-refractivity contribution is 5.77. The summed E-state index contributed by atoms with van der Waals surface area (Å²) in [6.45, 7) is 3.96. The lowest BCUT2D eigenvalue weighted by Gasteiger charge is -2.09. The number of aliphatic carboxylic acids is 2. The van der Waals surface area contributed by atoms with Crippen LogP contribution in [0.2, 0.25) is 0 Å². The molecule has 0 aliphatic rings. The third-order valence-electron chi connectivity index (χ3n) is 0.551. The van der Waals surface area contributed by atoms with Gasteiger partial charge in [-0.25, -0.2) is 0 Å². The van der Waals surface area contributed by atoms with E-state index in [0.717, 1.165) is 6.92 Å². The maximum absolute atomic E-state index is 9.90. The molecule has 0 radical (unpaired) electrons. The number of nitrogens with two attached hydrogens (primary N) is 1. The molecule has 0 aliphatic heterocycles. The third kappa shape index (κ3) is 17.6. The summed E-state index contributed by atoms with van der Waals surface area (Å²) in [6, 6.07) is 0. The van der Waals surface area contributed by atoms with E-state index in [-0.39, 0.29) is 0 Å². The highest BCUT2D eigenvalue weighted by Gasteiger charge is 2.19. The predicted molar refractivity (Wildman–Crippen MR) is 39.2 cm³/mol. The van der Waals surface area contributed by atoms with E-state index >= 15 is 0 Å². The summed E-state index contributed by atoms with van der Waals surface area (Å²) < 4.78 is 0. The highest BCUT2D eigenvalue weighted by Crippen LogP contribution is 1.93. The molecule has 0 fully saturated rings.